The van der Waals surface area contributed by atoms with Gasteiger partial charge in [-0.25, -0.2) is 9.78 Å². The number of amides is 1. The van der Waals surface area contributed by atoms with E-state index in [4.69, 9.17) is 4.74 Å². The van der Waals surface area contributed by atoms with Crippen LogP contribution >= 0.6 is 0 Å². The van der Waals surface area contributed by atoms with Crippen molar-refractivity contribution >= 4 is 17.7 Å². The van der Waals surface area contributed by atoms with E-state index in [1.807, 2.05) is 18.2 Å². The SMILES string of the molecule is CNC(=O)c1cccc(CNc2ccc(C(=O)OC)c(C)n2)c1. The van der Waals surface area contributed by atoms with Crippen molar-refractivity contribution in [3.8, 4) is 0 Å². The molecule has 0 saturated carbocycles. The number of carbonyl (C=O) groups is 2. The van der Waals surface area contributed by atoms with E-state index < -0.39 is 5.97 Å². The number of nitrogens with zero attached hydrogens (tertiary/aromatic N) is 1. The van der Waals surface area contributed by atoms with E-state index in [1.165, 1.54) is 7.11 Å². The number of aromatic nitrogens is 1. The zero-order valence-electron chi connectivity index (χ0n) is 13.3. The third kappa shape index (κ3) is 4.06. The van der Waals surface area contributed by atoms with Crippen LogP contribution in [0.2, 0.25) is 0 Å². The number of anilines is 1. The topological polar surface area (TPSA) is 80.3 Å². The monoisotopic (exact) mass is 313 g/mol. The summed E-state index contributed by atoms with van der Waals surface area (Å²) in [4.78, 5) is 27.5. The lowest BCUT2D eigenvalue weighted by Gasteiger charge is -2.09. The van der Waals surface area contributed by atoms with Crippen LogP contribution in [0.1, 0.15) is 32.0 Å². The molecule has 1 amide bonds. The number of nitrogens with one attached hydrogen (secondary N) is 2. The van der Waals surface area contributed by atoms with Crippen molar-refractivity contribution in [2.75, 3.05) is 19.5 Å². The van der Waals surface area contributed by atoms with E-state index in [-0.39, 0.29) is 5.91 Å². The van der Waals surface area contributed by atoms with E-state index in [1.54, 1.807) is 32.2 Å². The molecule has 0 radical (unpaired) electrons. The second-order valence-electron chi connectivity index (χ2n) is 4.95. The van der Waals surface area contributed by atoms with Crippen LogP contribution in [0.3, 0.4) is 0 Å². The van der Waals surface area contributed by atoms with Crippen LogP contribution in [0.5, 0.6) is 0 Å². The highest BCUT2D eigenvalue weighted by molar-refractivity contribution is 5.94. The molecule has 1 aromatic heterocycles. The number of methoxy groups -OCH3 is 1. The Morgan fingerprint density at radius 1 is 1.22 bits per heavy atom. The summed E-state index contributed by atoms with van der Waals surface area (Å²) in [7, 11) is 2.94. The van der Waals surface area contributed by atoms with Gasteiger partial charge in [-0.15, -0.1) is 0 Å². The summed E-state index contributed by atoms with van der Waals surface area (Å²) in [6, 6.07) is 10.7. The fourth-order valence-corrected chi connectivity index (χ4v) is 2.14. The first-order valence-electron chi connectivity index (χ1n) is 7.16. The molecule has 120 valence electrons. The predicted octanol–water partition coefficient (Wildman–Crippen LogP) is 2.15. The minimum absolute atomic E-state index is 0.122. The van der Waals surface area contributed by atoms with Gasteiger partial charge in [0.15, 0.2) is 0 Å². The highest BCUT2D eigenvalue weighted by Crippen LogP contribution is 2.13. The average molecular weight is 313 g/mol. The number of ether oxygens (including phenoxy) is 1. The van der Waals surface area contributed by atoms with Crippen LogP contribution < -0.4 is 10.6 Å². The number of hydrogen-bond acceptors (Lipinski definition) is 5. The fraction of sp³-hybridized carbons (Fsp3) is 0.235. The molecule has 0 spiro atoms. The van der Waals surface area contributed by atoms with Crippen LogP contribution in [-0.2, 0) is 11.3 Å². The first-order chi connectivity index (χ1) is 11.0. The van der Waals surface area contributed by atoms with Gasteiger partial charge in [-0.05, 0) is 36.8 Å². The summed E-state index contributed by atoms with van der Waals surface area (Å²) < 4.78 is 4.70. The van der Waals surface area contributed by atoms with Crippen molar-refractivity contribution in [3.05, 3.63) is 58.8 Å². The van der Waals surface area contributed by atoms with Crippen LogP contribution in [0.15, 0.2) is 36.4 Å². The van der Waals surface area contributed by atoms with Crippen LogP contribution in [0.25, 0.3) is 0 Å². The molecule has 6 heteroatoms. The Bertz CT molecular complexity index is 729. The number of esters is 1. The second kappa shape index (κ2) is 7.40. The summed E-state index contributed by atoms with van der Waals surface area (Å²) in [5.74, 6) is 0.128. The fourth-order valence-electron chi connectivity index (χ4n) is 2.14. The maximum atomic E-state index is 11.6. The third-order valence-electron chi connectivity index (χ3n) is 3.38. The van der Waals surface area contributed by atoms with Crippen LogP contribution in [-0.4, -0.2) is 31.0 Å². The van der Waals surface area contributed by atoms with Gasteiger partial charge in [-0.3, -0.25) is 4.79 Å². The molecule has 0 fully saturated rings. The van der Waals surface area contributed by atoms with Gasteiger partial charge in [0.1, 0.15) is 5.82 Å². The standard InChI is InChI=1S/C17H19N3O3/c1-11-14(17(22)23-3)7-8-15(20-11)19-10-12-5-4-6-13(9-12)16(21)18-2/h4-9H,10H2,1-3H3,(H,18,21)(H,19,20). The van der Waals surface area contributed by atoms with Gasteiger partial charge in [0, 0.05) is 19.2 Å². The van der Waals surface area contributed by atoms with E-state index >= 15 is 0 Å². The van der Waals surface area contributed by atoms with E-state index in [0.717, 1.165) is 5.56 Å². The molecule has 1 heterocycles. The van der Waals surface area contributed by atoms with Gasteiger partial charge in [0.25, 0.3) is 5.91 Å². The molecule has 0 bridgehead atoms. The first kappa shape index (κ1) is 16.5. The Kier molecular flexibility index (Phi) is 5.30. The molecule has 0 aliphatic heterocycles. The zero-order chi connectivity index (χ0) is 16.8. The van der Waals surface area contributed by atoms with Gasteiger partial charge in [0.2, 0.25) is 0 Å². The van der Waals surface area contributed by atoms with Crippen LogP contribution in [0, 0.1) is 6.92 Å². The predicted molar refractivity (Wildman–Crippen MR) is 87.5 cm³/mol. The van der Waals surface area contributed by atoms with Gasteiger partial charge in [-0.2, -0.15) is 0 Å². The summed E-state index contributed by atoms with van der Waals surface area (Å²) in [5, 5.41) is 5.77. The molecule has 0 saturated heterocycles. The maximum absolute atomic E-state index is 11.6. The lowest BCUT2D eigenvalue weighted by molar-refractivity contribution is 0.0599. The average Bonchev–Trinajstić information content (AvgIpc) is 2.59. The number of rotatable bonds is 5. The van der Waals surface area contributed by atoms with Crippen molar-refractivity contribution in [1.82, 2.24) is 10.3 Å². The highest BCUT2D eigenvalue weighted by atomic mass is 16.5. The van der Waals surface area contributed by atoms with Gasteiger partial charge < -0.3 is 15.4 Å². The molecule has 2 N–H and O–H groups in total. The largest absolute Gasteiger partial charge is 0.465 e. The quantitative estimate of drug-likeness (QED) is 0.827. The Hall–Kier alpha value is -2.89. The Morgan fingerprint density at radius 2 is 2.00 bits per heavy atom. The zero-order valence-corrected chi connectivity index (χ0v) is 13.3. The van der Waals surface area contributed by atoms with Crippen molar-refractivity contribution in [2.45, 2.75) is 13.5 Å². The van der Waals surface area contributed by atoms with Crippen LogP contribution in [0.4, 0.5) is 5.82 Å². The van der Waals surface area contributed by atoms with Gasteiger partial charge in [0.05, 0.1) is 18.4 Å². The maximum Gasteiger partial charge on any atom is 0.339 e. The molecular weight excluding hydrogens is 294 g/mol. The molecule has 0 aliphatic carbocycles. The van der Waals surface area contributed by atoms with E-state index in [0.29, 0.717) is 29.2 Å². The summed E-state index contributed by atoms with van der Waals surface area (Å²) in [5.41, 5.74) is 2.61. The van der Waals surface area contributed by atoms with Crippen molar-refractivity contribution < 1.29 is 14.3 Å². The normalized spacial score (nSPS) is 10.0. The lowest BCUT2D eigenvalue weighted by atomic mass is 10.1. The molecule has 2 rings (SSSR count). The number of hydrogen-bond donors (Lipinski definition) is 2. The molecule has 0 atom stereocenters. The summed E-state index contributed by atoms with van der Waals surface area (Å²) >= 11 is 0. The summed E-state index contributed by atoms with van der Waals surface area (Å²) in [6.45, 7) is 2.28. The minimum Gasteiger partial charge on any atom is -0.465 e. The van der Waals surface area contributed by atoms with E-state index in [9.17, 15) is 9.59 Å². The molecule has 6 nitrogen and oxygen atoms in total. The number of benzene rings is 1. The third-order valence-corrected chi connectivity index (χ3v) is 3.38. The van der Waals surface area contributed by atoms with Crippen molar-refractivity contribution in [1.29, 1.82) is 0 Å². The highest BCUT2D eigenvalue weighted by Gasteiger charge is 2.10. The molecule has 23 heavy (non-hydrogen) atoms. The Morgan fingerprint density at radius 3 is 2.65 bits per heavy atom. The Labute approximate surface area is 134 Å². The second-order valence-corrected chi connectivity index (χ2v) is 4.95. The number of carbonyl (C=O) groups excluding carboxylic acids is 2. The number of aryl methyl sites for hydroxylation is 1. The van der Waals surface area contributed by atoms with Gasteiger partial charge in [-0.1, -0.05) is 12.1 Å². The molecule has 0 unspecified atom stereocenters. The number of pyridine rings is 1. The summed E-state index contributed by atoms with van der Waals surface area (Å²) in [6.07, 6.45) is 0. The Balaban J connectivity index is 2.08. The molecule has 2 aromatic rings. The minimum atomic E-state index is -0.403. The van der Waals surface area contributed by atoms with Crippen molar-refractivity contribution in [3.63, 3.8) is 0 Å². The molecule has 0 aliphatic rings. The molecular formula is C17H19N3O3. The van der Waals surface area contributed by atoms with Gasteiger partial charge >= 0.3 is 5.97 Å². The van der Waals surface area contributed by atoms with E-state index in [2.05, 4.69) is 15.6 Å². The lowest BCUT2D eigenvalue weighted by Crippen LogP contribution is -2.18. The van der Waals surface area contributed by atoms with Crippen molar-refractivity contribution in [2.24, 2.45) is 0 Å². The smallest absolute Gasteiger partial charge is 0.339 e. The molecule has 1 aromatic carbocycles. The first-order valence-corrected chi connectivity index (χ1v) is 7.16.